The Bertz CT molecular complexity index is 853. The van der Waals surface area contributed by atoms with E-state index in [0.29, 0.717) is 25.2 Å². The highest BCUT2D eigenvalue weighted by molar-refractivity contribution is 7.89. The van der Waals surface area contributed by atoms with Gasteiger partial charge in [-0.25, -0.2) is 13.2 Å². The van der Waals surface area contributed by atoms with Gasteiger partial charge in [0, 0.05) is 26.2 Å². The number of oxazole rings is 1. The zero-order valence-electron chi connectivity index (χ0n) is 12.4. The molecule has 22 heavy (non-hydrogen) atoms. The summed E-state index contributed by atoms with van der Waals surface area (Å²) in [5.74, 6) is -0.312. The molecule has 1 saturated heterocycles. The highest BCUT2D eigenvalue weighted by Crippen LogP contribution is 2.25. The van der Waals surface area contributed by atoms with Crippen molar-refractivity contribution in [2.24, 2.45) is 18.7 Å². The van der Waals surface area contributed by atoms with Crippen molar-refractivity contribution in [2.75, 3.05) is 19.6 Å². The quantitative estimate of drug-likeness (QED) is 0.885. The van der Waals surface area contributed by atoms with Crippen LogP contribution in [0.4, 0.5) is 0 Å². The molecule has 1 aromatic carbocycles. The first-order valence-electron chi connectivity index (χ1n) is 7.23. The molecular formula is C14H19N3O4S. The lowest BCUT2D eigenvalue weighted by Crippen LogP contribution is -2.41. The average Bonchev–Trinajstić information content (AvgIpc) is 2.81. The van der Waals surface area contributed by atoms with E-state index in [1.807, 2.05) is 0 Å². The second kappa shape index (κ2) is 5.53. The third-order valence-electron chi connectivity index (χ3n) is 4.22. The molecule has 2 aromatic rings. The molecule has 0 amide bonds. The van der Waals surface area contributed by atoms with Gasteiger partial charge in [0.1, 0.15) is 0 Å². The van der Waals surface area contributed by atoms with Crippen LogP contribution in [0.1, 0.15) is 12.8 Å². The van der Waals surface area contributed by atoms with Gasteiger partial charge in [-0.15, -0.1) is 0 Å². The molecule has 1 fully saturated rings. The highest BCUT2D eigenvalue weighted by Gasteiger charge is 2.30. The predicted molar refractivity (Wildman–Crippen MR) is 82.0 cm³/mol. The molecule has 0 saturated carbocycles. The number of nitrogens with zero attached hydrogens (tertiary/aromatic N) is 2. The third-order valence-corrected chi connectivity index (χ3v) is 6.08. The van der Waals surface area contributed by atoms with Crippen molar-refractivity contribution < 1.29 is 12.8 Å². The molecule has 3 rings (SSSR count). The van der Waals surface area contributed by atoms with Crippen molar-refractivity contribution >= 4 is 21.1 Å². The number of aryl methyl sites for hydroxylation is 1. The van der Waals surface area contributed by atoms with Gasteiger partial charge in [0.05, 0.1) is 10.4 Å². The summed E-state index contributed by atoms with van der Waals surface area (Å²) >= 11 is 0. The van der Waals surface area contributed by atoms with Crippen molar-refractivity contribution in [3.63, 3.8) is 0 Å². The first-order chi connectivity index (χ1) is 10.4. The SMILES string of the molecule is Cn1c(=O)oc2cc(S(=O)(=O)N3CCCC(CN)C3)ccc21. The summed E-state index contributed by atoms with van der Waals surface area (Å²) < 4.78 is 33.4. The van der Waals surface area contributed by atoms with Gasteiger partial charge in [0.15, 0.2) is 5.58 Å². The van der Waals surface area contributed by atoms with Gasteiger partial charge in [-0.1, -0.05) is 0 Å². The van der Waals surface area contributed by atoms with Crippen LogP contribution >= 0.6 is 0 Å². The molecule has 8 heteroatoms. The average molecular weight is 325 g/mol. The molecule has 0 bridgehead atoms. The number of hydrogen-bond acceptors (Lipinski definition) is 5. The van der Waals surface area contributed by atoms with Crippen molar-refractivity contribution in [3.8, 4) is 0 Å². The van der Waals surface area contributed by atoms with Crippen molar-refractivity contribution in [1.82, 2.24) is 8.87 Å². The molecule has 2 N–H and O–H groups in total. The van der Waals surface area contributed by atoms with E-state index in [-0.39, 0.29) is 16.4 Å². The number of piperidine rings is 1. The van der Waals surface area contributed by atoms with Crippen LogP contribution in [0.3, 0.4) is 0 Å². The molecule has 1 aromatic heterocycles. The predicted octanol–water partition coefficient (Wildman–Crippen LogP) is 0.491. The minimum atomic E-state index is -3.59. The smallest absolute Gasteiger partial charge is 0.408 e. The Labute approximate surface area is 128 Å². The van der Waals surface area contributed by atoms with Crippen LogP contribution in [0.2, 0.25) is 0 Å². The topological polar surface area (TPSA) is 98.5 Å². The lowest BCUT2D eigenvalue weighted by Gasteiger charge is -2.31. The van der Waals surface area contributed by atoms with Gasteiger partial charge < -0.3 is 10.2 Å². The summed E-state index contributed by atoms with van der Waals surface area (Å²) in [5.41, 5.74) is 6.52. The number of hydrogen-bond donors (Lipinski definition) is 1. The maximum absolute atomic E-state index is 12.7. The monoisotopic (exact) mass is 325 g/mol. The number of sulfonamides is 1. The molecule has 0 spiro atoms. The fourth-order valence-electron chi connectivity index (χ4n) is 2.86. The molecule has 1 atom stereocenters. The van der Waals surface area contributed by atoms with E-state index in [1.165, 1.54) is 21.0 Å². The Morgan fingerprint density at radius 3 is 2.91 bits per heavy atom. The summed E-state index contributed by atoms with van der Waals surface area (Å²) in [4.78, 5) is 11.7. The van der Waals surface area contributed by atoms with Crippen LogP contribution in [0.5, 0.6) is 0 Å². The van der Waals surface area contributed by atoms with E-state index in [4.69, 9.17) is 10.2 Å². The molecule has 120 valence electrons. The van der Waals surface area contributed by atoms with E-state index in [2.05, 4.69) is 0 Å². The lowest BCUT2D eigenvalue weighted by atomic mass is 10.0. The Balaban J connectivity index is 2.00. The van der Waals surface area contributed by atoms with E-state index in [9.17, 15) is 13.2 Å². The van der Waals surface area contributed by atoms with Crippen LogP contribution < -0.4 is 11.5 Å². The second-order valence-corrected chi connectivity index (χ2v) is 7.60. The minimum absolute atomic E-state index is 0.145. The standard InChI is InChI=1S/C14H19N3O4S/c1-16-12-5-4-11(7-13(12)21-14(16)18)22(19,20)17-6-2-3-10(8-15)9-17/h4-5,7,10H,2-3,6,8-9,15H2,1H3. The summed E-state index contributed by atoms with van der Waals surface area (Å²) in [5, 5.41) is 0. The molecular weight excluding hydrogens is 306 g/mol. The molecule has 7 nitrogen and oxygen atoms in total. The van der Waals surface area contributed by atoms with Crippen LogP contribution in [0.15, 0.2) is 32.3 Å². The second-order valence-electron chi connectivity index (χ2n) is 5.66. The zero-order valence-corrected chi connectivity index (χ0v) is 13.2. The van der Waals surface area contributed by atoms with Crippen LogP contribution in [0, 0.1) is 5.92 Å². The number of rotatable bonds is 3. The maximum atomic E-state index is 12.7. The Morgan fingerprint density at radius 2 is 2.18 bits per heavy atom. The third kappa shape index (κ3) is 2.47. The molecule has 2 heterocycles. The normalized spacial score (nSPS) is 20.5. The number of aromatic nitrogens is 1. The van der Waals surface area contributed by atoms with Gasteiger partial charge in [-0.05, 0) is 37.4 Å². The largest absolute Gasteiger partial charge is 0.419 e. The Morgan fingerprint density at radius 1 is 1.41 bits per heavy atom. The van der Waals surface area contributed by atoms with Crippen LogP contribution in [-0.4, -0.2) is 36.9 Å². The van der Waals surface area contributed by atoms with Gasteiger partial charge >= 0.3 is 5.76 Å². The lowest BCUT2D eigenvalue weighted by molar-refractivity contribution is 0.271. The highest BCUT2D eigenvalue weighted by atomic mass is 32.2. The van der Waals surface area contributed by atoms with Gasteiger partial charge in [-0.3, -0.25) is 4.57 Å². The van der Waals surface area contributed by atoms with E-state index < -0.39 is 15.8 Å². The van der Waals surface area contributed by atoms with E-state index in [0.717, 1.165) is 12.8 Å². The molecule has 1 unspecified atom stereocenters. The van der Waals surface area contributed by atoms with Gasteiger partial charge in [-0.2, -0.15) is 4.31 Å². The first kappa shape index (κ1) is 15.3. The summed E-state index contributed by atoms with van der Waals surface area (Å²) in [6, 6.07) is 4.52. The summed E-state index contributed by atoms with van der Waals surface area (Å²) in [6.07, 6.45) is 1.76. The Hall–Kier alpha value is -1.64. The summed E-state index contributed by atoms with van der Waals surface area (Å²) in [7, 11) is -2.01. The molecule has 1 aliphatic heterocycles. The zero-order chi connectivity index (χ0) is 15.9. The molecule has 0 aliphatic carbocycles. The fourth-order valence-corrected chi connectivity index (χ4v) is 4.43. The molecule has 1 aliphatic rings. The van der Waals surface area contributed by atoms with E-state index >= 15 is 0 Å². The number of benzene rings is 1. The number of fused-ring (bicyclic) bond motifs is 1. The van der Waals surface area contributed by atoms with Gasteiger partial charge in [0.2, 0.25) is 10.0 Å². The van der Waals surface area contributed by atoms with E-state index in [1.54, 1.807) is 13.1 Å². The van der Waals surface area contributed by atoms with Crippen LogP contribution in [-0.2, 0) is 17.1 Å². The fraction of sp³-hybridized carbons (Fsp3) is 0.500. The van der Waals surface area contributed by atoms with Crippen molar-refractivity contribution in [2.45, 2.75) is 17.7 Å². The summed E-state index contributed by atoms with van der Waals surface area (Å²) in [6.45, 7) is 1.42. The number of nitrogens with two attached hydrogens (primary N) is 1. The maximum Gasteiger partial charge on any atom is 0.419 e. The first-order valence-corrected chi connectivity index (χ1v) is 8.67. The van der Waals surface area contributed by atoms with Crippen LogP contribution in [0.25, 0.3) is 11.1 Å². The molecule has 0 radical (unpaired) electrons. The van der Waals surface area contributed by atoms with Crippen molar-refractivity contribution in [3.05, 3.63) is 28.7 Å². The Kier molecular flexibility index (Phi) is 3.84. The van der Waals surface area contributed by atoms with Crippen molar-refractivity contribution in [1.29, 1.82) is 0 Å². The van der Waals surface area contributed by atoms with Gasteiger partial charge in [0.25, 0.3) is 0 Å². The minimum Gasteiger partial charge on any atom is -0.408 e.